The average molecular weight is 370 g/mol. The summed E-state index contributed by atoms with van der Waals surface area (Å²) in [6, 6.07) is 17.2. The summed E-state index contributed by atoms with van der Waals surface area (Å²) in [7, 11) is 0. The van der Waals surface area contributed by atoms with Gasteiger partial charge in [0.25, 0.3) is 5.91 Å². The highest BCUT2D eigenvalue weighted by Gasteiger charge is 2.19. The molecule has 0 fully saturated rings. The van der Waals surface area contributed by atoms with E-state index in [1.54, 1.807) is 30.3 Å². The number of urea groups is 1. The van der Waals surface area contributed by atoms with Gasteiger partial charge in [-0.3, -0.25) is 14.9 Å². The standard InChI is InChI=1S/C20H22N2O5/c1-15(19(24)22-20(25)21-16-9-4-2-5-10-16)27-18(23)13-8-14-26-17-11-6-3-7-12-17/h2-7,9-12,15H,8,13-14H2,1H3,(H2,21,22,24,25). The summed E-state index contributed by atoms with van der Waals surface area (Å²) in [5.41, 5.74) is 0.547. The Morgan fingerprint density at radius 1 is 0.963 bits per heavy atom. The van der Waals surface area contributed by atoms with Gasteiger partial charge in [0.05, 0.1) is 6.61 Å². The maximum atomic E-state index is 11.9. The topological polar surface area (TPSA) is 93.7 Å². The van der Waals surface area contributed by atoms with Crippen molar-refractivity contribution < 1.29 is 23.9 Å². The molecule has 0 aliphatic heterocycles. The number of imide groups is 1. The molecule has 2 aromatic carbocycles. The normalized spacial score (nSPS) is 11.1. The Balaban J connectivity index is 1.64. The van der Waals surface area contributed by atoms with Crippen molar-refractivity contribution in [2.24, 2.45) is 0 Å². The van der Waals surface area contributed by atoms with Crippen LogP contribution in [0.1, 0.15) is 19.8 Å². The lowest BCUT2D eigenvalue weighted by Crippen LogP contribution is -2.41. The van der Waals surface area contributed by atoms with Gasteiger partial charge in [-0.2, -0.15) is 0 Å². The van der Waals surface area contributed by atoms with Crippen molar-refractivity contribution in [3.8, 4) is 5.75 Å². The minimum absolute atomic E-state index is 0.112. The summed E-state index contributed by atoms with van der Waals surface area (Å²) >= 11 is 0. The Hall–Kier alpha value is -3.35. The summed E-state index contributed by atoms with van der Waals surface area (Å²) < 4.78 is 10.5. The monoisotopic (exact) mass is 370 g/mol. The maximum Gasteiger partial charge on any atom is 0.325 e. The number of rotatable bonds is 8. The molecule has 7 heteroatoms. The zero-order valence-corrected chi connectivity index (χ0v) is 15.0. The van der Waals surface area contributed by atoms with Crippen molar-refractivity contribution in [1.82, 2.24) is 5.32 Å². The number of hydrogen-bond donors (Lipinski definition) is 2. The van der Waals surface area contributed by atoms with Crippen LogP contribution < -0.4 is 15.4 Å². The van der Waals surface area contributed by atoms with Gasteiger partial charge in [0.2, 0.25) is 0 Å². The van der Waals surface area contributed by atoms with E-state index in [0.29, 0.717) is 18.7 Å². The molecule has 2 rings (SSSR count). The van der Waals surface area contributed by atoms with E-state index in [1.807, 2.05) is 30.3 Å². The van der Waals surface area contributed by atoms with Gasteiger partial charge < -0.3 is 14.8 Å². The molecule has 0 heterocycles. The lowest BCUT2D eigenvalue weighted by molar-refractivity contribution is -0.154. The van der Waals surface area contributed by atoms with Gasteiger partial charge in [-0.15, -0.1) is 0 Å². The van der Waals surface area contributed by atoms with Crippen LogP contribution in [0.3, 0.4) is 0 Å². The van der Waals surface area contributed by atoms with Crippen molar-refractivity contribution in [1.29, 1.82) is 0 Å². The Morgan fingerprint density at radius 2 is 1.59 bits per heavy atom. The number of nitrogens with one attached hydrogen (secondary N) is 2. The zero-order valence-electron chi connectivity index (χ0n) is 15.0. The lowest BCUT2D eigenvalue weighted by atomic mass is 10.3. The van der Waals surface area contributed by atoms with E-state index in [0.717, 1.165) is 5.75 Å². The SMILES string of the molecule is CC(OC(=O)CCCOc1ccccc1)C(=O)NC(=O)Nc1ccccc1. The van der Waals surface area contributed by atoms with Gasteiger partial charge in [-0.05, 0) is 37.6 Å². The second kappa shape index (κ2) is 10.6. The molecule has 0 aliphatic rings. The highest BCUT2D eigenvalue weighted by atomic mass is 16.5. The van der Waals surface area contributed by atoms with Crippen LogP contribution in [-0.2, 0) is 14.3 Å². The third-order valence-corrected chi connectivity index (χ3v) is 3.48. The fraction of sp³-hybridized carbons (Fsp3) is 0.250. The molecule has 142 valence electrons. The quantitative estimate of drug-likeness (QED) is 0.550. The number of benzene rings is 2. The predicted molar refractivity (Wildman–Crippen MR) is 100 cm³/mol. The molecule has 0 bridgehead atoms. The van der Waals surface area contributed by atoms with E-state index in [-0.39, 0.29) is 6.42 Å². The minimum Gasteiger partial charge on any atom is -0.494 e. The van der Waals surface area contributed by atoms with Gasteiger partial charge in [0, 0.05) is 12.1 Å². The van der Waals surface area contributed by atoms with Crippen molar-refractivity contribution in [2.45, 2.75) is 25.9 Å². The number of para-hydroxylation sites is 2. The first-order chi connectivity index (χ1) is 13.0. The molecule has 0 aromatic heterocycles. The molecule has 2 N–H and O–H groups in total. The summed E-state index contributed by atoms with van der Waals surface area (Å²) in [5, 5.41) is 4.64. The molecule has 0 saturated heterocycles. The van der Waals surface area contributed by atoms with Crippen LogP contribution >= 0.6 is 0 Å². The highest BCUT2D eigenvalue weighted by Crippen LogP contribution is 2.09. The number of amides is 3. The van der Waals surface area contributed by atoms with Crippen LogP contribution in [0.4, 0.5) is 10.5 Å². The summed E-state index contributed by atoms with van der Waals surface area (Å²) in [6.45, 7) is 1.77. The first-order valence-electron chi connectivity index (χ1n) is 8.59. The van der Waals surface area contributed by atoms with Gasteiger partial charge in [0.1, 0.15) is 5.75 Å². The van der Waals surface area contributed by atoms with Gasteiger partial charge >= 0.3 is 12.0 Å². The summed E-state index contributed by atoms with van der Waals surface area (Å²) in [4.78, 5) is 35.5. The first kappa shape index (κ1) is 20.0. The van der Waals surface area contributed by atoms with E-state index in [4.69, 9.17) is 9.47 Å². The van der Waals surface area contributed by atoms with E-state index >= 15 is 0 Å². The van der Waals surface area contributed by atoms with Crippen LogP contribution in [0.15, 0.2) is 60.7 Å². The molecule has 2 aromatic rings. The molecule has 7 nitrogen and oxygen atoms in total. The third-order valence-electron chi connectivity index (χ3n) is 3.48. The van der Waals surface area contributed by atoms with Crippen LogP contribution in [0, 0.1) is 0 Å². The highest BCUT2D eigenvalue weighted by molar-refractivity contribution is 6.02. The Kier molecular flexibility index (Phi) is 7.84. The molecule has 27 heavy (non-hydrogen) atoms. The van der Waals surface area contributed by atoms with Crippen molar-refractivity contribution in [3.05, 3.63) is 60.7 Å². The first-order valence-corrected chi connectivity index (χ1v) is 8.59. The fourth-order valence-corrected chi connectivity index (χ4v) is 2.13. The second-order valence-electron chi connectivity index (χ2n) is 5.71. The largest absolute Gasteiger partial charge is 0.494 e. The maximum absolute atomic E-state index is 11.9. The third kappa shape index (κ3) is 7.60. The molecular formula is C20H22N2O5. The average Bonchev–Trinajstić information content (AvgIpc) is 2.66. The molecule has 0 spiro atoms. The van der Waals surface area contributed by atoms with Crippen LogP contribution in [0.25, 0.3) is 0 Å². The summed E-state index contributed by atoms with van der Waals surface area (Å²) in [5.74, 6) is -0.502. The zero-order chi connectivity index (χ0) is 19.5. The smallest absolute Gasteiger partial charge is 0.325 e. The van der Waals surface area contributed by atoms with Crippen molar-refractivity contribution >= 4 is 23.6 Å². The molecule has 1 atom stereocenters. The lowest BCUT2D eigenvalue weighted by Gasteiger charge is -2.13. The van der Waals surface area contributed by atoms with E-state index < -0.39 is 24.0 Å². The van der Waals surface area contributed by atoms with Crippen LogP contribution in [-0.4, -0.2) is 30.6 Å². The fourth-order valence-electron chi connectivity index (χ4n) is 2.13. The molecular weight excluding hydrogens is 348 g/mol. The number of ether oxygens (including phenoxy) is 2. The van der Waals surface area contributed by atoms with Crippen LogP contribution in [0.2, 0.25) is 0 Å². The van der Waals surface area contributed by atoms with E-state index in [1.165, 1.54) is 6.92 Å². The molecule has 1 unspecified atom stereocenters. The molecule has 0 saturated carbocycles. The number of carbonyl (C=O) groups excluding carboxylic acids is 3. The molecule has 0 radical (unpaired) electrons. The Morgan fingerprint density at radius 3 is 2.26 bits per heavy atom. The van der Waals surface area contributed by atoms with Crippen molar-refractivity contribution in [3.63, 3.8) is 0 Å². The van der Waals surface area contributed by atoms with Crippen LogP contribution in [0.5, 0.6) is 5.75 Å². The van der Waals surface area contributed by atoms with Gasteiger partial charge in [0.15, 0.2) is 6.10 Å². The number of hydrogen-bond acceptors (Lipinski definition) is 5. The van der Waals surface area contributed by atoms with Gasteiger partial charge in [-0.25, -0.2) is 4.79 Å². The predicted octanol–water partition coefficient (Wildman–Crippen LogP) is 3.13. The minimum atomic E-state index is -1.07. The second-order valence-corrected chi connectivity index (χ2v) is 5.71. The number of carbonyl (C=O) groups is 3. The molecule has 0 aliphatic carbocycles. The van der Waals surface area contributed by atoms with Crippen molar-refractivity contribution in [2.75, 3.05) is 11.9 Å². The van der Waals surface area contributed by atoms with E-state index in [9.17, 15) is 14.4 Å². The molecule has 3 amide bonds. The Bertz CT molecular complexity index is 749. The van der Waals surface area contributed by atoms with Gasteiger partial charge in [-0.1, -0.05) is 36.4 Å². The Labute approximate surface area is 157 Å². The van der Waals surface area contributed by atoms with E-state index in [2.05, 4.69) is 10.6 Å². The number of esters is 1. The summed E-state index contributed by atoms with van der Waals surface area (Å²) in [6.07, 6.45) is -0.508. The number of anilines is 1.